The maximum atomic E-state index is 10.8. The Bertz CT molecular complexity index is 746. The van der Waals surface area contributed by atoms with Crippen molar-refractivity contribution < 1.29 is 19.4 Å². The van der Waals surface area contributed by atoms with Crippen LogP contribution in [0.5, 0.6) is 11.5 Å². The van der Waals surface area contributed by atoms with E-state index in [1.807, 2.05) is 12.1 Å². The Labute approximate surface area is 127 Å². The molecule has 22 heavy (non-hydrogen) atoms. The van der Waals surface area contributed by atoms with Crippen LogP contribution in [0.1, 0.15) is 27.4 Å². The van der Waals surface area contributed by atoms with Crippen LogP contribution in [0.15, 0.2) is 42.5 Å². The molecule has 2 aromatic carbocycles. The minimum atomic E-state index is -0.959. The van der Waals surface area contributed by atoms with Crippen molar-refractivity contribution in [1.29, 1.82) is 5.26 Å². The molecule has 0 radical (unpaired) electrons. The Hall–Kier alpha value is -3.00. The minimum Gasteiger partial charge on any atom is -0.478 e. The van der Waals surface area contributed by atoms with Crippen molar-refractivity contribution >= 4 is 5.97 Å². The second kappa shape index (κ2) is 5.78. The lowest BCUT2D eigenvalue weighted by atomic mass is 9.92. The van der Waals surface area contributed by atoms with Crippen molar-refractivity contribution in [3.63, 3.8) is 0 Å². The number of aromatic carboxylic acids is 1. The van der Waals surface area contributed by atoms with Gasteiger partial charge in [0.1, 0.15) is 0 Å². The summed E-state index contributed by atoms with van der Waals surface area (Å²) < 4.78 is 10.6. The van der Waals surface area contributed by atoms with E-state index in [1.54, 1.807) is 30.3 Å². The molecule has 0 fully saturated rings. The molecule has 0 saturated carbocycles. The fourth-order valence-electron chi connectivity index (χ4n) is 2.39. The first-order valence-electron chi connectivity index (χ1n) is 6.79. The lowest BCUT2D eigenvalue weighted by Gasteiger charge is -2.10. The number of carboxylic acid groups (broad SMARTS) is 1. The highest BCUT2D eigenvalue weighted by Gasteiger charge is 2.18. The van der Waals surface area contributed by atoms with Crippen molar-refractivity contribution in [1.82, 2.24) is 0 Å². The van der Waals surface area contributed by atoms with Gasteiger partial charge in [0.2, 0.25) is 6.79 Å². The van der Waals surface area contributed by atoms with Crippen LogP contribution in [-0.2, 0) is 6.42 Å². The van der Waals surface area contributed by atoms with E-state index < -0.39 is 5.97 Å². The minimum absolute atomic E-state index is 0.201. The van der Waals surface area contributed by atoms with Gasteiger partial charge >= 0.3 is 5.97 Å². The molecule has 0 amide bonds. The summed E-state index contributed by atoms with van der Waals surface area (Å²) >= 11 is 0. The monoisotopic (exact) mass is 295 g/mol. The van der Waals surface area contributed by atoms with E-state index in [4.69, 9.17) is 14.6 Å². The second-order valence-corrected chi connectivity index (χ2v) is 5.00. The van der Waals surface area contributed by atoms with Gasteiger partial charge in [-0.25, -0.2) is 4.79 Å². The molecule has 0 aliphatic carbocycles. The SMILES string of the molecule is N#CC(Cc1ccc(C(=O)O)cc1)c1ccc2c(c1)OCO2. The molecule has 0 bridgehead atoms. The molecule has 1 aliphatic rings. The molecule has 1 atom stereocenters. The highest BCUT2D eigenvalue weighted by Crippen LogP contribution is 2.35. The van der Waals surface area contributed by atoms with Crippen LogP contribution >= 0.6 is 0 Å². The molecule has 1 N–H and O–H groups in total. The quantitative estimate of drug-likeness (QED) is 0.938. The predicted molar refractivity (Wildman–Crippen MR) is 78.0 cm³/mol. The largest absolute Gasteiger partial charge is 0.478 e. The summed E-state index contributed by atoms with van der Waals surface area (Å²) in [4.78, 5) is 10.8. The van der Waals surface area contributed by atoms with Crippen molar-refractivity contribution in [2.45, 2.75) is 12.3 Å². The first kappa shape index (κ1) is 14.0. The summed E-state index contributed by atoms with van der Waals surface area (Å²) in [5, 5.41) is 18.3. The summed E-state index contributed by atoms with van der Waals surface area (Å²) in [7, 11) is 0. The van der Waals surface area contributed by atoms with Crippen LogP contribution in [0.4, 0.5) is 0 Å². The van der Waals surface area contributed by atoms with E-state index in [0.717, 1.165) is 11.1 Å². The summed E-state index contributed by atoms with van der Waals surface area (Å²) in [5.41, 5.74) is 2.00. The molecule has 110 valence electrons. The molecule has 0 saturated heterocycles. The van der Waals surface area contributed by atoms with Crippen LogP contribution in [-0.4, -0.2) is 17.9 Å². The zero-order valence-corrected chi connectivity index (χ0v) is 11.7. The normalized spacial score (nSPS) is 13.4. The molecule has 1 aliphatic heterocycles. The van der Waals surface area contributed by atoms with Crippen LogP contribution in [0.2, 0.25) is 0 Å². The maximum Gasteiger partial charge on any atom is 0.335 e. The fraction of sp³-hybridized carbons (Fsp3) is 0.176. The van der Waals surface area contributed by atoms with Crippen molar-refractivity contribution in [3.8, 4) is 17.6 Å². The second-order valence-electron chi connectivity index (χ2n) is 5.00. The number of hydrogen-bond donors (Lipinski definition) is 1. The Morgan fingerprint density at radius 3 is 2.59 bits per heavy atom. The summed E-state index contributed by atoms with van der Waals surface area (Å²) in [6, 6.07) is 14.3. The highest BCUT2D eigenvalue weighted by molar-refractivity contribution is 5.87. The number of ether oxygens (including phenoxy) is 2. The van der Waals surface area contributed by atoms with Gasteiger partial charge in [0.05, 0.1) is 17.6 Å². The first-order chi connectivity index (χ1) is 10.7. The summed E-state index contributed by atoms with van der Waals surface area (Å²) in [5.74, 6) is 0.0505. The lowest BCUT2D eigenvalue weighted by Crippen LogP contribution is -2.02. The van der Waals surface area contributed by atoms with Crippen LogP contribution in [0.3, 0.4) is 0 Å². The van der Waals surface area contributed by atoms with Gasteiger partial charge in [-0.1, -0.05) is 18.2 Å². The topological polar surface area (TPSA) is 79.6 Å². The molecular formula is C17H13NO4. The number of benzene rings is 2. The van der Waals surface area contributed by atoms with Gasteiger partial charge in [0, 0.05) is 0 Å². The molecular weight excluding hydrogens is 282 g/mol. The number of nitrogens with zero attached hydrogens (tertiary/aromatic N) is 1. The van der Waals surface area contributed by atoms with Gasteiger partial charge in [-0.05, 0) is 41.8 Å². The lowest BCUT2D eigenvalue weighted by molar-refractivity contribution is 0.0697. The average molecular weight is 295 g/mol. The van der Waals surface area contributed by atoms with Gasteiger partial charge in [-0.3, -0.25) is 0 Å². The molecule has 2 aromatic rings. The molecule has 0 aromatic heterocycles. The third-order valence-corrected chi connectivity index (χ3v) is 3.60. The van der Waals surface area contributed by atoms with Gasteiger partial charge in [0.25, 0.3) is 0 Å². The fourth-order valence-corrected chi connectivity index (χ4v) is 2.39. The van der Waals surface area contributed by atoms with Crippen molar-refractivity contribution in [2.75, 3.05) is 6.79 Å². The Balaban J connectivity index is 1.80. The highest BCUT2D eigenvalue weighted by atomic mass is 16.7. The third kappa shape index (κ3) is 2.72. The smallest absolute Gasteiger partial charge is 0.335 e. The summed E-state index contributed by atoms with van der Waals surface area (Å²) in [6.07, 6.45) is 0.510. The Morgan fingerprint density at radius 2 is 1.91 bits per heavy atom. The summed E-state index contributed by atoms with van der Waals surface area (Å²) in [6.45, 7) is 0.201. The number of rotatable bonds is 4. The van der Waals surface area contributed by atoms with Crippen LogP contribution in [0, 0.1) is 11.3 Å². The van der Waals surface area contributed by atoms with E-state index in [9.17, 15) is 10.1 Å². The number of fused-ring (bicyclic) bond motifs is 1. The zero-order chi connectivity index (χ0) is 15.5. The predicted octanol–water partition coefficient (Wildman–Crippen LogP) is 2.96. The van der Waals surface area contributed by atoms with E-state index in [0.29, 0.717) is 17.9 Å². The molecule has 5 nitrogen and oxygen atoms in total. The molecule has 1 unspecified atom stereocenters. The van der Waals surface area contributed by atoms with Gasteiger partial charge in [-0.15, -0.1) is 0 Å². The van der Waals surface area contributed by atoms with E-state index in [2.05, 4.69) is 6.07 Å². The number of carbonyl (C=O) groups is 1. The van der Waals surface area contributed by atoms with E-state index in [1.165, 1.54) is 0 Å². The van der Waals surface area contributed by atoms with Crippen molar-refractivity contribution in [2.24, 2.45) is 0 Å². The standard InChI is InChI=1S/C17H13NO4/c18-9-14(7-11-1-3-12(4-2-11)17(19)20)13-5-6-15-16(8-13)22-10-21-15/h1-6,8,14H,7,10H2,(H,19,20). The van der Waals surface area contributed by atoms with Gasteiger partial charge < -0.3 is 14.6 Å². The average Bonchev–Trinajstić information content (AvgIpc) is 3.00. The van der Waals surface area contributed by atoms with Crippen molar-refractivity contribution in [3.05, 3.63) is 59.2 Å². The number of hydrogen-bond acceptors (Lipinski definition) is 4. The van der Waals surface area contributed by atoms with Crippen LogP contribution < -0.4 is 9.47 Å². The molecule has 3 rings (SSSR count). The first-order valence-corrected chi connectivity index (χ1v) is 6.79. The third-order valence-electron chi connectivity index (χ3n) is 3.60. The Kier molecular flexibility index (Phi) is 3.67. The molecule has 1 heterocycles. The molecule has 5 heteroatoms. The van der Waals surface area contributed by atoms with E-state index in [-0.39, 0.29) is 18.3 Å². The Morgan fingerprint density at radius 1 is 1.18 bits per heavy atom. The van der Waals surface area contributed by atoms with Gasteiger partial charge in [0.15, 0.2) is 11.5 Å². The van der Waals surface area contributed by atoms with Gasteiger partial charge in [-0.2, -0.15) is 5.26 Å². The van der Waals surface area contributed by atoms with Crippen LogP contribution in [0.25, 0.3) is 0 Å². The van der Waals surface area contributed by atoms with E-state index >= 15 is 0 Å². The molecule has 0 spiro atoms. The zero-order valence-electron chi connectivity index (χ0n) is 11.7. The maximum absolute atomic E-state index is 10.8. The number of nitriles is 1. The number of carboxylic acids is 1.